The van der Waals surface area contributed by atoms with Gasteiger partial charge < -0.3 is 0 Å². The molecule has 2 aromatic rings. The summed E-state index contributed by atoms with van der Waals surface area (Å²) in [5.74, 6) is 0.822. The maximum Gasteiger partial charge on any atom is 0.155 e. The predicted molar refractivity (Wildman–Crippen MR) is 65.0 cm³/mol. The van der Waals surface area contributed by atoms with Gasteiger partial charge in [-0.25, -0.2) is 4.98 Å². The molecule has 0 saturated carbocycles. The summed E-state index contributed by atoms with van der Waals surface area (Å²) < 4.78 is 0. The zero-order valence-electron chi connectivity index (χ0n) is 9.99. The van der Waals surface area contributed by atoms with Crippen molar-refractivity contribution < 1.29 is 0 Å². The van der Waals surface area contributed by atoms with E-state index in [0.29, 0.717) is 5.41 Å². The fourth-order valence-corrected chi connectivity index (χ4v) is 1.74. The van der Waals surface area contributed by atoms with Crippen molar-refractivity contribution in [1.82, 2.24) is 15.2 Å². The second-order valence-corrected chi connectivity index (χ2v) is 5.27. The van der Waals surface area contributed by atoms with Crippen LogP contribution in [-0.4, -0.2) is 15.2 Å². The van der Waals surface area contributed by atoms with Crippen molar-refractivity contribution in [3.8, 4) is 11.4 Å². The maximum atomic E-state index is 4.12. The van der Waals surface area contributed by atoms with Gasteiger partial charge in [0.05, 0.1) is 0 Å². The maximum absolute atomic E-state index is 4.12. The molecule has 0 fully saturated rings. The number of H-pyrrole nitrogens is 1. The van der Waals surface area contributed by atoms with Crippen LogP contribution in [-0.2, 0) is 6.42 Å². The van der Waals surface area contributed by atoms with Crippen LogP contribution in [0.4, 0.5) is 0 Å². The number of benzene rings is 1. The van der Waals surface area contributed by atoms with Gasteiger partial charge in [-0.05, 0) is 17.4 Å². The summed E-state index contributed by atoms with van der Waals surface area (Å²) in [7, 11) is 0. The lowest BCUT2D eigenvalue weighted by atomic mass is 9.88. The van der Waals surface area contributed by atoms with E-state index in [1.807, 2.05) is 0 Å². The molecule has 1 aromatic heterocycles. The van der Waals surface area contributed by atoms with Crippen LogP contribution in [0, 0.1) is 5.41 Å². The topological polar surface area (TPSA) is 41.6 Å². The lowest BCUT2D eigenvalue weighted by Crippen LogP contribution is -2.08. The van der Waals surface area contributed by atoms with Gasteiger partial charge in [0.1, 0.15) is 6.33 Å². The Kier molecular flexibility index (Phi) is 2.77. The summed E-state index contributed by atoms with van der Waals surface area (Å²) in [6.45, 7) is 6.74. The molecular formula is C13H17N3. The smallest absolute Gasteiger partial charge is 0.155 e. The van der Waals surface area contributed by atoms with Crippen LogP contribution in [0.1, 0.15) is 26.3 Å². The zero-order chi connectivity index (χ0) is 11.6. The highest BCUT2D eigenvalue weighted by atomic mass is 15.2. The van der Waals surface area contributed by atoms with Gasteiger partial charge in [-0.15, -0.1) is 0 Å². The van der Waals surface area contributed by atoms with Gasteiger partial charge in [0.15, 0.2) is 5.82 Å². The number of hydrogen-bond donors (Lipinski definition) is 1. The lowest BCUT2D eigenvalue weighted by Gasteiger charge is -2.18. The van der Waals surface area contributed by atoms with E-state index in [4.69, 9.17) is 0 Å². The van der Waals surface area contributed by atoms with E-state index >= 15 is 0 Å². The summed E-state index contributed by atoms with van der Waals surface area (Å²) in [5.41, 5.74) is 2.76. The summed E-state index contributed by atoms with van der Waals surface area (Å²) in [6, 6.07) is 8.48. The van der Waals surface area contributed by atoms with Gasteiger partial charge in [0.25, 0.3) is 0 Å². The molecule has 16 heavy (non-hydrogen) atoms. The fourth-order valence-electron chi connectivity index (χ4n) is 1.74. The fraction of sp³-hybridized carbons (Fsp3) is 0.385. The zero-order valence-corrected chi connectivity index (χ0v) is 9.99. The Labute approximate surface area is 95.9 Å². The quantitative estimate of drug-likeness (QED) is 0.836. The number of hydrogen-bond acceptors (Lipinski definition) is 2. The van der Waals surface area contributed by atoms with Crippen molar-refractivity contribution >= 4 is 0 Å². The number of nitrogens with zero attached hydrogens (tertiary/aromatic N) is 2. The molecule has 0 spiro atoms. The van der Waals surface area contributed by atoms with Crippen LogP contribution in [0.15, 0.2) is 30.6 Å². The van der Waals surface area contributed by atoms with E-state index in [9.17, 15) is 0 Å². The highest BCUT2D eigenvalue weighted by Gasteiger charge is 2.11. The third kappa shape index (κ3) is 2.69. The first kappa shape index (κ1) is 10.9. The van der Waals surface area contributed by atoms with E-state index in [0.717, 1.165) is 17.8 Å². The largest absolute Gasteiger partial charge is 0.259 e. The molecule has 0 saturated heterocycles. The Hall–Kier alpha value is -1.64. The van der Waals surface area contributed by atoms with Gasteiger partial charge in [0, 0.05) is 5.56 Å². The Balaban J connectivity index is 2.17. The minimum Gasteiger partial charge on any atom is -0.259 e. The SMILES string of the molecule is CC(C)(C)Cc1ccc(-c2ncn[nH]2)cc1. The molecule has 0 bridgehead atoms. The van der Waals surface area contributed by atoms with E-state index in [-0.39, 0.29) is 0 Å². The molecule has 2 rings (SSSR count). The standard InChI is InChI=1S/C13H17N3/c1-13(2,3)8-10-4-6-11(7-5-10)12-14-9-15-16-12/h4-7,9H,8H2,1-3H3,(H,14,15,16). The molecule has 84 valence electrons. The molecule has 0 aliphatic rings. The molecule has 3 nitrogen and oxygen atoms in total. The van der Waals surface area contributed by atoms with Gasteiger partial charge in [-0.1, -0.05) is 45.0 Å². The first-order valence-corrected chi connectivity index (χ1v) is 5.49. The van der Waals surface area contributed by atoms with Crippen LogP contribution in [0.3, 0.4) is 0 Å². The molecule has 1 heterocycles. The summed E-state index contributed by atoms with van der Waals surface area (Å²) >= 11 is 0. The van der Waals surface area contributed by atoms with Crippen LogP contribution < -0.4 is 0 Å². The van der Waals surface area contributed by atoms with E-state index in [1.54, 1.807) is 0 Å². The Morgan fingerprint density at radius 2 is 1.81 bits per heavy atom. The average molecular weight is 215 g/mol. The van der Waals surface area contributed by atoms with Crippen LogP contribution in [0.25, 0.3) is 11.4 Å². The molecule has 1 aromatic carbocycles. The number of aromatic nitrogens is 3. The highest BCUT2D eigenvalue weighted by Crippen LogP contribution is 2.22. The normalized spacial score (nSPS) is 11.7. The Morgan fingerprint density at radius 3 is 2.31 bits per heavy atom. The van der Waals surface area contributed by atoms with E-state index < -0.39 is 0 Å². The van der Waals surface area contributed by atoms with Gasteiger partial charge in [-0.2, -0.15) is 5.10 Å². The minimum atomic E-state index is 0.327. The van der Waals surface area contributed by atoms with Gasteiger partial charge >= 0.3 is 0 Å². The van der Waals surface area contributed by atoms with Crippen LogP contribution in [0.2, 0.25) is 0 Å². The molecule has 0 aliphatic heterocycles. The van der Waals surface area contributed by atoms with Gasteiger partial charge in [0.2, 0.25) is 0 Å². The lowest BCUT2D eigenvalue weighted by molar-refractivity contribution is 0.411. The van der Waals surface area contributed by atoms with Crippen molar-refractivity contribution in [2.24, 2.45) is 5.41 Å². The molecular weight excluding hydrogens is 198 g/mol. The first-order chi connectivity index (χ1) is 7.54. The minimum absolute atomic E-state index is 0.327. The molecule has 3 heteroatoms. The third-order valence-corrected chi connectivity index (χ3v) is 2.38. The number of nitrogens with one attached hydrogen (secondary N) is 1. The average Bonchev–Trinajstić information content (AvgIpc) is 2.69. The molecule has 0 unspecified atom stereocenters. The second-order valence-electron chi connectivity index (χ2n) is 5.27. The first-order valence-electron chi connectivity index (χ1n) is 5.49. The molecule has 1 N–H and O–H groups in total. The Morgan fingerprint density at radius 1 is 1.12 bits per heavy atom. The van der Waals surface area contributed by atoms with Crippen molar-refractivity contribution in [3.05, 3.63) is 36.2 Å². The van der Waals surface area contributed by atoms with E-state index in [1.165, 1.54) is 11.9 Å². The highest BCUT2D eigenvalue weighted by molar-refractivity contribution is 5.54. The molecule has 0 radical (unpaired) electrons. The summed E-state index contributed by atoms with van der Waals surface area (Å²) in [5, 5.41) is 6.70. The third-order valence-electron chi connectivity index (χ3n) is 2.38. The van der Waals surface area contributed by atoms with E-state index in [2.05, 4.69) is 60.2 Å². The van der Waals surface area contributed by atoms with Crippen molar-refractivity contribution in [1.29, 1.82) is 0 Å². The second kappa shape index (κ2) is 4.08. The van der Waals surface area contributed by atoms with Gasteiger partial charge in [-0.3, -0.25) is 5.10 Å². The summed E-state index contributed by atoms with van der Waals surface area (Å²) in [6.07, 6.45) is 2.61. The number of rotatable bonds is 2. The van der Waals surface area contributed by atoms with Crippen LogP contribution >= 0.6 is 0 Å². The monoisotopic (exact) mass is 215 g/mol. The molecule has 0 atom stereocenters. The number of aromatic amines is 1. The molecule has 0 amide bonds. The van der Waals surface area contributed by atoms with Crippen LogP contribution in [0.5, 0.6) is 0 Å². The Bertz CT molecular complexity index is 435. The van der Waals surface area contributed by atoms with Crippen molar-refractivity contribution in [3.63, 3.8) is 0 Å². The molecule has 0 aliphatic carbocycles. The summed E-state index contributed by atoms with van der Waals surface area (Å²) in [4.78, 5) is 4.12. The van der Waals surface area contributed by atoms with Crippen molar-refractivity contribution in [2.75, 3.05) is 0 Å². The van der Waals surface area contributed by atoms with Crippen molar-refractivity contribution in [2.45, 2.75) is 27.2 Å². The predicted octanol–water partition coefficient (Wildman–Crippen LogP) is 3.06.